The number of carbonyl (C=O) groups excluding carboxylic acids is 1. The van der Waals surface area contributed by atoms with Crippen molar-refractivity contribution < 1.29 is 13.9 Å². The Morgan fingerprint density at radius 3 is 2.87 bits per heavy atom. The predicted molar refractivity (Wildman–Crippen MR) is 119 cm³/mol. The monoisotopic (exact) mass is 440 g/mol. The van der Waals surface area contributed by atoms with Crippen molar-refractivity contribution in [3.05, 3.63) is 70.6 Å². The second kappa shape index (κ2) is 9.98. The molecule has 1 aliphatic heterocycles. The van der Waals surface area contributed by atoms with Crippen molar-refractivity contribution in [3.8, 4) is 0 Å². The molecule has 1 amide bonds. The number of anilines is 2. The quantitative estimate of drug-likeness (QED) is 0.579. The van der Waals surface area contributed by atoms with Crippen LogP contribution in [-0.2, 0) is 16.0 Å². The maximum atomic E-state index is 13.0. The molecule has 2 aromatic heterocycles. The fourth-order valence-electron chi connectivity index (χ4n) is 3.53. The van der Waals surface area contributed by atoms with Gasteiger partial charge in [0.05, 0.1) is 24.5 Å². The van der Waals surface area contributed by atoms with Crippen LogP contribution in [0.4, 0.5) is 15.3 Å². The van der Waals surface area contributed by atoms with E-state index >= 15 is 0 Å². The standard InChI is InChI=1S/C23H25FN4O2S/c1-16-15-31-23(25-16)27-21-6-3-5-19(26-21)20-14-28(12-13-30-20)22(29)7-2-4-17-8-10-18(24)11-9-17/h3,5-6,8-11,15,20H,2,4,7,12-14H2,1H3,(H,25,26,27). The molecule has 0 radical (unpaired) electrons. The zero-order valence-corrected chi connectivity index (χ0v) is 18.2. The second-order valence-corrected chi connectivity index (χ2v) is 8.40. The molecule has 8 heteroatoms. The van der Waals surface area contributed by atoms with E-state index in [2.05, 4.69) is 15.3 Å². The molecule has 1 saturated heterocycles. The fraction of sp³-hybridized carbons (Fsp3) is 0.348. The maximum Gasteiger partial charge on any atom is 0.222 e. The van der Waals surface area contributed by atoms with Crippen LogP contribution in [0.15, 0.2) is 47.8 Å². The molecule has 1 aliphatic rings. The van der Waals surface area contributed by atoms with E-state index < -0.39 is 0 Å². The number of benzene rings is 1. The maximum absolute atomic E-state index is 13.0. The summed E-state index contributed by atoms with van der Waals surface area (Å²) < 4.78 is 18.9. The largest absolute Gasteiger partial charge is 0.368 e. The third-order valence-corrected chi connectivity index (χ3v) is 6.02. The molecule has 31 heavy (non-hydrogen) atoms. The average Bonchev–Trinajstić information content (AvgIpc) is 3.20. The number of hydrogen-bond acceptors (Lipinski definition) is 6. The molecule has 1 fully saturated rings. The summed E-state index contributed by atoms with van der Waals surface area (Å²) in [4.78, 5) is 23.6. The summed E-state index contributed by atoms with van der Waals surface area (Å²) in [5.41, 5.74) is 2.80. The Labute approximate surface area is 185 Å². The van der Waals surface area contributed by atoms with E-state index in [9.17, 15) is 9.18 Å². The summed E-state index contributed by atoms with van der Waals surface area (Å²) in [6.07, 6.45) is 1.69. The van der Waals surface area contributed by atoms with Crippen molar-refractivity contribution in [3.63, 3.8) is 0 Å². The SMILES string of the molecule is Cc1csc(Nc2cccc(C3CN(C(=O)CCCc4ccc(F)cc4)CCO3)n2)n1. The molecule has 3 heterocycles. The molecule has 1 N–H and O–H groups in total. The van der Waals surface area contributed by atoms with Gasteiger partial charge in [0.1, 0.15) is 17.7 Å². The average molecular weight is 441 g/mol. The summed E-state index contributed by atoms with van der Waals surface area (Å²) in [5, 5.41) is 6.00. The van der Waals surface area contributed by atoms with Gasteiger partial charge in [-0.05, 0) is 49.6 Å². The smallest absolute Gasteiger partial charge is 0.222 e. The number of morpholine rings is 1. The molecule has 1 atom stereocenters. The fourth-order valence-corrected chi connectivity index (χ4v) is 4.22. The Bertz CT molecular complexity index is 1020. The summed E-state index contributed by atoms with van der Waals surface area (Å²) in [6.45, 7) is 3.51. The number of nitrogens with one attached hydrogen (secondary N) is 1. The minimum atomic E-state index is -0.255. The first-order chi connectivity index (χ1) is 15.1. The normalized spacial score (nSPS) is 16.3. The van der Waals surface area contributed by atoms with Gasteiger partial charge in [0, 0.05) is 18.3 Å². The number of hydrogen-bond donors (Lipinski definition) is 1. The van der Waals surface area contributed by atoms with Crippen LogP contribution in [0.1, 0.15) is 35.9 Å². The molecular formula is C23H25FN4O2S. The molecule has 1 unspecified atom stereocenters. The Hall–Kier alpha value is -2.84. The topological polar surface area (TPSA) is 67.4 Å². The number of aryl methyl sites for hydroxylation is 2. The van der Waals surface area contributed by atoms with Crippen LogP contribution in [0.5, 0.6) is 0 Å². The molecular weight excluding hydrogens is 415 g/mol. The Kier molecular flexibility index (Phi) is 6.89. The molecule has 0 aliphatic carbocycles. The number of rotatable bonds is 7. The highest BCUT2D eigenvalue weighted by atomic mass is 32.1. The summed E-state index contributed by atoms with van der Waals surface area (Å²) in [6, 6.07) is 12.2. The van der Waals surface area contributed by atoms with Crippen molar-refractivity contribution in [2.75, 3.05) is 25.0 Å². The van der Waals surface area contributed by atoms with Gasteiger partial charge in [0.2, 0.25) is 5.91 Å². The number of ether oxygens (including phenoxy) is 1. The second-order valence-electron chi connectivity index (χ2n) is 7.55. The van der Waals surface area contributed by atoms with E-state index in [0.29, 0.717) is 31.9 Å². The highest BCUT2D eigenvalue weighted by molar-refractivity contribution is 7.13. The summed E-state index contributed by atoms with van der Waals surface area (Å²) >= 11 is 1.53. The highest BCUT2D eigenvalue weighted by Crippen LogP contribution is 2.25. The first-order valence-corrected chi connectivity index (χ1v) is 11.2. The summed E-state index contributed by atoms with van der Waals surface area (Å²) in [5.74, 6) is 0.579. The van der Waals surface area contributed by atoms with Crippen molar-refractivity contribution in [1.29, 1.82) is 0 Å². The lowest BCUT2D eigenvalue weighted by Crippen LogP contribution is -2.42. The molecule has 0 bridgehead atoms. The Morgan fingerprint density at radius 2 is 2.10 bits per heavy atom. The summed E-state index contributed by atoms with van der Waals surface area (Å²) in [7, 11) is 0. The van der Waals surface area contributed by atoms with Gasteiger partial charge in [-0.2, -0.15) is 0 Å². The lowest BCUT2D eigenvalue weighted by atomic mass is 10.1. The number of thiazole rings is 1. The molecule has 0 spiro atoms. The van der Waals surface area contributed by atoms with Crippen molar-refractivity contribution in [2.45, 2.75) is 32.3 Å². The molecule has 0 saturated carbocycles. The van der Waals surface area contributed by atoms with E-state index in [1.165, 1.54) is 23.5 Å². The minimum absolute atomic E-state index is 0.114. The third-order valence-electron chi connectivity index (χ3n) is 5.14. The molecule has 1 aromatic carbocycles. The highest BCUT2D eigenvalue weighted by Gasteiger charge is 2.26. The first kappa shape index (κ1) is 21.4. The number of aromatic nitrogens is 2. The molecule has 6 nitrogen and oxygen atoms in total. The van der Waals surface area contributed by atoms with Gasteiger partial charge in [-0.3, -0.25) is 4.79 Å². The molecule has 4 rings (SSSR count). The predicted octanol–water partition coefficient (Wildman–Crippen LogP) is 4.65. The van der Waals surface area contributed by atoms with Crippen LogP contribution >= 0.6 is 11.3 Å². The van der Waals surface area contributed by atoms with Crippen molar-refractivity contribution >= 4 is 28.2 Å². The van der Waals surface area contributed by atoms with Gasteiger partial charge in [-0.15, -0.1) is 11.3 Å². The van der Waals surface area contributed by atoms with Gasteiger partial charge < -0.3 is 15.0 Å². The van der Waals surface area contributed by atoms with E-state index in [-0.39, 0.29) is 17.8 Å². The van der Waals surface area contributed by atoms with E-state index in [1.54, 1.807) is 12.1 Å². The van der Waals surface area contributed by atoms with Crippen LogP contribution in [0, 0.1) is 12.7 Å². The number of pyridine rings is 1. The van der Waals surface area contributed by atoms with Crippen LogP contribution in [0.2, 0.25) is 0 Å². The number of amides is 1. The van der Waals surface area contributed by atoms with Crippen LogP contribution in [0.25, 0.3) is 0 Å². The number of carbonyl (C=O) groups is 1. The van der Waals surface area contributed by atoms with Gasteiger partial charge in [0.15, 0.2) is 5.13 Å². The third kappa shape index (κ3) is 5.86. The van der Waals surface area contributed by atoms with Crippen LogP contribution < -0.4 is 5.32 Å². The van der Waals surface area contributed by atoms with Gasteiger partial charge in [-0.25, -0.2) is 14.4 Å². The minimum Gasteiger partial charge on any atom is -0.368 e. The van der Waals surface area contributed by atoms with Crippen molar-refractivity contribution in [2.24, 2.45) is 0 Å². The van der Waals surface area contributed by atoms with E-state index in [4.69, 9.17) is 4.74 Å². The zero-order chi connectivity index (χ0) is 21.6. The lowest BCUT2D eigenvalue weighted by molar-refractivity contribution is -0.139. The first-order valence-electron chi connectivity index (χ1n) is 10.4. The van der Waals surface area contributed by atoms with E-state index in [1.807, 2.05) is 35.4 Å². The Balaban J connectivity index is 1.32. The van der Waals surface area contributed by atoms with Crippen LogP contribution in [0.3, 0.4) is 0 Å². The number of halogens is 1. The van der Waals surface area contributed by atoms with Gasteiger partial charge in [0.25, 0.3) is 0 Å². The van der Waals surface area contributed by atoms with Crippen LogP contribution in [-0.4, -0.2) is 40.5 Å². The zero-order valence-electron chi connectivity index (χ0n) is 17.4. The van der Waals surface area contributed by atoms with Gasteiger partial charge >= 0.3 is 0 Å². The van der Waals surface area contributed by atoms with Crippen molar-refractivity contribution in [1.82, 2.24) is 14.9 Å². The Morgan fingerprint density at radius 1 is 1.26 bits per heavy atom. The van der Waals surface area contributed by atoms with E-state index in [0.717, 1.165) is 34.9 Å². The van der Waals surface area contributed by atoms with Gasteiger partial charge in [-0.1, -0.05) is 18.2 Å². The molecule has 3 aromatic rings. The molecule has 162 valence electrons. The number of nitrogens with zero attached hydrogens (tertiary/aromatic N) is 3. The lowest BCUT2D eigenvalue weighted by Gasteiger charge is -2.33.